The van der Waals surface area contributed by atoms with E-state index in [-0.39, 0.29) is 5.41 Å². The SMILES string of the molecule is CCCCCCCCCCCCCCCCC1(CCCCCCCCCCCCCCCC)c2cc(C)sc2-c2sc(-c3ccc4c(ccc5c6ccc7cc(C)ccc7c6sc45)c3)cc21. The fourth-order valence-corrected chi connectivity index (χ4v) is 15.7. The first kappa shape index (κ1) is 49.4. The van der Waals surface area contributed by atoms with Gasteiger partial charge in [-0.1, -0.05) is 254 Å². The molecule has 0 nitrogen and oxygen atoms in total. The second-order valence-corrected chi connectivity index (χ2v) is 24.2. The number of thiophene rings is 3. The molecule has 8 rings (SSSR count). The Morgan fingerprint density at radius 1 is 0.364 bits per heavy atom. The van der Waals surface area contributed by atoms with E-state index in [1.54, 1.807) is 20.9 Å². The molecule has 7 aromatic rings. The van der Waals surface area contributed by atoms with Gasteiger partial charge in [0.2, 0.25) is 0 Å². The van der Waals surface area contributed by atoms with Gasteiger partial charge in [0.1, 0.15) is 0 Å². The minimum atomic E-state index is 0.167. The van der Waals surface area contributed by atoms with Crippen LogP contribution in [0.2, 0.25) is 0 Å². The van der Waals surface area contributed by atoms with Gasteiger partial charge in [0, 0.05) is 45.1 Å². The molecule has 3 heteroatoms. The Balaban J connectivity index is 0.942. The molecule has 1 aliphatic rings. The Labute approximate surface area is 413 Å². The molecule has 0 unspecified atom stereocenters. The Morgan fingerprint density at radius 2 is 0.773 bits per heavy atom. The maximum Gasteiger partial charge on any atom is 0.0493 e. The quantitative estimate of drug-likeness (QED) is 0.0381. The molecular formula is C63H84S3. The number of benzene rings is 4. The predicted octanol–water partition coefficient (Wildman–Crippen LogP) is 22.8. The van der Waals surface area contributed by atoms with Crippen molar-refractivity contribution in [2.24, 2.45) is 0 Å². The second kappa shape index (κ2) is 25.0. The topological polar surface area (TPSA) is 0 Å². The van der Waals surface area contributed by atoms with Gasteiger partial charge in [0.15, 0.2) is 0 Å². The third-order valence-corrected chi connectivity index (χ3v) is 19.3. The molecule has 0 aliphatic heterocycles. The van der Waals surface area contributed by atoms with Crippen molar-refractivity contribution in [3.8, 4) is 20.2 Å². The van der Waals surface area contributed by atoms with Crippen LogP contribution in [0.3, 0.4) is 0 Å². The second-order valence-electron chi connectivity index (χ2n) is 20.9. The third-order valence-electron chi connectivity index (χ3n) is 15.6. The minimum absolute atomic E-state index is 0.167. The summed E-state index contributed by atoms with van der Waals surface area (Å²) in [5.41, 5.74) is 6.25. The van der Waals surface area contributed by atoms with E-state index in [1.165, 1.54) is 255 Å². The van der Waals surface area contributed by atoms with Crippen LogP contribution in [-0.2, 0) is 5.41 Å². The van der Waals surface area contributed by atoms with Crippen molar-refractivity contribution < 1.29 is 0 Å². The smallest absolute Gasteiger partial charge is 0.0493 e. The van der Waals surface area contributed by atoms with Crippen molar-refractivity contribution in [3.63, 3.8) is 0 Å². The van der Waals surface area contributed by atoms with Crippen molar-refractivity contribution in [3.05, 3.63) is 94.4 Å². The molecule has 354 valence electrons. The highest BCUT2D eigenvalue weighted by Gasteiger charge is 2.45. The Kier molecular flexibility index (Phi) is 18.8. The zero-order valence-corrected chi connectivity index (χ0v) is 44.3. The first-order chi connectivity index (χ1) is 32.5. The predicted molar refractivity (Wildman–Crippen MR) is 301 cm³/mol. The van der Waals surface area contributed by atoms with Gasteiger partial charge in [-0.3, -0.25) is 0 Å². The summed E-state index contributed by atoms with van der Waals surface area (Å²) < 4.78 is 2.85. The lowest BCUT2D eigenvalue weighted by atomic mass is 9.71. The van der Waals surface area contributed by atoms with Gasteiger partial charge >= 0.3 is 0 Å². The van der Waals surface area contributed by atoms with E-state index < -0.39 is 0 Å². The van der Waals surface area contributed by atoms with Crippen molar-refractivity contribution in [2.45, 2.75) is 226 Å². The van der Waals surface area contributed by atoms with Gasteiger partial charge in [-0.25, -0.2) is 0 Å². The number of fused-ring (bicyclic) bond motifs is 10. The lowest BCUT2D eigenvalue weighted by Gasteiger charge is -2.31. The lowest BCUT2D eigenvalue weighted by Crippen LogP contribution is -2.25. The van der Waals surface area contributed by atoms with Gasteiger partial charge in [-0.15, -0.1) is 34.0 Å². The van der Waals surface area contributed by atoms with Gasteiger partial charge in [0.25, 0.3) is 0 Å². The Bertz CT molecular complexity index is 2540. The van der Waals surface area contributed by atoms with Crippen molar-refractivity contribution >= 4 is 75.7 Å². The van der Waals surface area contributed by atoms with Crippen molar-refractivity contribution in [2.75, 3.05) is 0 Å². The molecule has 0 bridgehead atoms. The summed E-state index contributed by atoms with van der Waals surface area (Å²) in [5.74, 6) is 0. The van der Waals surface area contributed by atoms with Crippen molar-refractivity contribution in [1.29, 1.82) is 0 Å². The van der Waals surface area contributed by atoms with Gasteiger partial charge < -0.3 is 0 Å². The third kappa shape index (κ3) is 12.1. The van der Waals surface area contributed by atoms with Crippen LogP contribution >= 0.6 is 34.0 Å². The molecule has 3 heterocycles. The normalized spacial score (nSPS) is 13.3. The average Bonchev–Trinajstić information content (AvgIpc) is 4.10. The van der Waals surface area contributed by atoms with E-state index in [0.717, 1.165) is 0 Å². The number of aryl methyl sites for hydroxylation is 2. The molecule has 0 amide bonds. The standard InChI is InChI=1S/C63H84S3/c1-5-7-9-11-13-15-17-19-21-23-25-27-29-31-41-63(42-32-30-28-26-24-22-20-18-16-14-12-10-8-6-2)56-44-48(4)64-61(56)62-57(63)46-58(65-62)51-36-38-53-50(45-51)35-40-55-54-39-34-49-43-47(3)33-37-52(49)59(54)66-60(53)55/h33-40,43-46H,5-32,41-42H2,1-4H3. The number of rotatable bonds is 31. The summed E-state index contributed by atoms with van der Waals surface area (Å²) >= 11 is 6.15. The van der Waals surface area contributed by atoms with Gasteiger partial charge in [-0.05, 0) is 83.1 Å². The van der Waals surface area contributed by atoms with Crippen LogP contribution in [0.4, 0.5) is 0 Å². The van der Waals surface area contributed by atoms with Crippen LogP contribution in [0, 0.1) is 13.8 Å². The molecule has 0 saturated carbocycles. The van der Waals surface area contributed by atoms with E-state index in [1.807, 2.05) is 11.3 Å². The maximum absolute atomic E-state index is 2.68. The summed E-state index contributed by atoms with van der Waals surface area (Å²) in [6.45, 7) is 9.20. The zero-order chi connectivity index (χ0) is 45.6. The first-order valence-corrected chi connectivity index (χ1v) is 30.0. The van der Waals surface area contributed by atoms with E-state index in [2.05, 4.69) is 123 Å². The van der Waals surface area contributed by atoms with Crippen LogP contribution in [-0.4, -0.2) is 0 Å². The molecule has 0 N–H and O–H groups in total. The number of unbranched alkanes of at least 4 members (excludes halogenated alkanes) is 26. The highest BCUT2D eigenvalue weighted by Crippen LogP contribution is 2.60. The highest BCUT2D eigenvalue weighted by molar-refractivity contribution is 7.27. The Hall–Kier alpha value is -2.98. The lowest BCUT2D eigenvalue weighted by molar-refractivity contribution is 0.397. The van der Waals surface area contributed by atoms with E-state index >= 15 is 0 Å². The van der Waals surface area contributed by atoms with Crippen LogP contribution < -0.4 is 0 Å². The zero-order valence-electron chi connectivity index (χ0n) is 41.9. The molecule has 0 fully saturated rings. The van der Waals surface area contributed by atoms with E-state index in [9.17, 15) is 0 Å². The fourth-order valence-electron chi connectivity index (χ4n) is 11.8. The van der Waals surface area contributed by atoms with E-state index in [4.69, 9.17) is 0 Å². The number of hydrogen-bond acceptors (Lipinski definition) is 3. The molecular weight excluding hydrogens is 853 g/mol. The molecule has 0 spiro atoms. The van der Waals surface area contributed by atoms with Crippen LogP contribution in [0.1, 0.15) is 228 Å². The maximum atomic E-state index is 2.68. The summed E-state index contributed by atoms with van der Waals surface area (Å²) in [6.07, 6.45) is 42.5. The molecule has 0 saturated heterocycles. The van der Waals surface area contributed by atoms with Gasteiger partial charge in [-0.2, -0.15) is 0 Å². The first-order valence-electron chi connectivity index (χ1n) is 27.5. The summed E-state index contributed by atoms with van der Waals surface area (Å²) in [5, 5.41) is 8.27. The molecule has 4 aromatic carbocycles. The summed E-state index contributed by atoms with van der Waals surface area (Å²) in [6, 6.07) is 29.1. The Morgan fingerprint density at radius 3 is 1.27 bits per heavy atom. The summed E-state index contributed by atoms with van der Waals surface area (Å²) in [7, 11) is 0. The van der Waals surface area contributed by atoms with Crippen LogP contribution in [0.5, 0.6) is 0 Å². The molecule has 0 radical (unpaired) electrons. The van der Waals surface area contributed by atoms with Crippen LogP contribution in [0.25, 0.3) is 61.9 Å². The monoisotopic (exact) mass is 937 g/mol. The van der Waals surface area contributed by atoms with Crippen LogP contribution in [0.15, 0.2) is 72.8 Å². The average molecular weight is 938 g/mol. The molecule has 1 aliphatic carbocycles. The minimum Gasteiger partial charge on any atom is -0.139 e. The van der Waals surface area contributed by atoms with Crippen molar-refractivity contribution in [1.82, 2.24) is 0 Å². The van der Waals surface area contributed by atoms with Gasteiger partial charge in [0.05, 0.1) is 0 Å². The fraction of sp³-hybridized carbons (Fsp3) is 0.556. The van der Waals surface area contributed by atoms with E-state index in [0.29, 0.717) is 0 Å². The summed E-state index contributed by atoms with van der Waals surface area (Å²) in [4.78, 5) is 6.15. The number of hydrogen-bond donors (Lipinski definition) is 0. The molecule has 0 atom stereocenters. The highest BCUT2D eigenvalue weighted by atomic mass is 32.1. The molecule has 66 heavy (non-hydrogen) atoms. The largest absolute Gasteiger partial charge is 0.139 e. The molecule has 3 aromatic heterocycles.